The first-order valence-electron chi connectivity index (χ1n) is 15.6. The van der Waals surface area contributed by atoms with Crippen LogP contribution in [-0.2, 0) is 4.74 Å². The first-order valence-corrected chi connectivity index (χ1v) is 15.6. The fourth-order valence-corrected chi connectivity index (χ4v) is 6.68. The van der Waals surface area contributed by atoms with Crippen LogP contribution in [0.1, 0.15) is 58.6 Å². The maximum absolute atomic E-state index is 16.7. The number of carbonyl (C=O) groups excluding carboxylic acids is 1. The molecule has 2 atom stereocenters. The summed E-state index contributed by atoms with van der Waals surface area (Å²) in [7, 11) is 4.07. The van der Waals surface area contributed by atoms with Crippen molar-refractivity contribution in [3.05, 3.63) is 47.5 Å². The number of rotatable bonds is 5. The molecule has 0 N–H and O–H groups in total. The molecule has 0 bridgehead atoms. The molecule has 12 heteroatoms. The molecule has 6 rings (SSSR count). The van der Waals surface area contributed by atoms with Crippen LogP contribution >= 0.6 is 0 Å². The number of ether oxygens (including phenoxy) is 1. The average molecular weight is 631 g/mol. The van der Waals surface area contributed by atoms with E-state index < -0.39 is 23.3 Å². The van der Waals surface area contributed by atoms with Gasteiger partial charge in [0, 0.05) is 30.6 Å². The molecule has 2 saturated heterocycles. The first-order chi connectivity index (χ1) is 21.7. The number of anilines is 1. The lowest BCUT2D eigenvalue weighted by atomic mass is 9.90. The number of pyridine rings is 1. The predicted octanol–water partition coefficient (Wildman–Crippen LogP) is 6.23. The van der Waals surface area contributed by atoms with E-state index in [0.29, 0.717) is 71.4 Å². The van der Waals surface area contributed by atoms with E-state index in [1.807, 2.05) is 52.5 Å². The minimum atomic E-state index is -0.663. The van der Waals surface area contributed by atoms with Gasteiger partial charge in [-0.05, 0) is 90.9 Å². The van der Waals surface area contributed by atoms with Crippen LogP contribution in [0.4, 0.5) is 19.4 Å². The molecule has 0 unspecified atom stereocenters. The van der Waals surface area contributed by atoms with Gasteiger partial charge in [0.05, 0.1) is 30.1 Å². The fraction of sp³-hybridized carbons (Fsp3) is 0.500. The van der Waals surface area contributed by atoms with Gasteiger partial charge < -0.3 is 19.4 Å². The molecule has 0 radical (unpaired) electrons. The number of likely N-dealkylation sites (tertiary alicyclic amines) is 1. The summed E-state index contributed by atoms with van der Waals surface area (Å²) in [5.74, 6) is -0.329. The molecular formula is C34H40F2N8O2. The quantitative estimate of drug-likeness (QED) is 0.256. The standard InChI is InChI=1S/C34H40F2N8O2/c1-20-16-25-28(27(36)26(20)21-8-10-22(35)11-9-21)38-31(42-18-34(5,19-42)41(6)7)29-30(25)44(40-39-29)24-13-15-43(23(17-24)12-14-37)32(45)46-33(2,3)4/h8-11,16,23-24H,12-13,15,17-19H2,1-7H3/t23-,24+/m1/s1. The molecule has 2 aliphatic heterocycles. The molecule has 0 aliphatic carbocycles. The van der Waals surface area contributed by atoms with Crippen molar-refractivity contribution in [2.24, 2.45) is 0 Å². The van der Waals surface area contributed by atoms with Crippen LogP contribution in [0.5, 0.6) is 0 Å². The lowest BCUT2D eigenvalue weighted by molar-refractivity contribution is 0.00557. The van der Waals surface area contributed by atoms with Crippen molar-refractivity contribution in [2.75, 3.05) is 38.6 Å². The molecule has 4 aromatic rings. The van der Waals surface area contributed by atoms with Crippen molar-refractivity contribution in [2.45, 2.75) is 77.1 Å². The van der Waals surface area contributed by atoms with Crippen LogP contribution < -0.4 is 4.90 Å². The highest BCUT2D eigenvalue weighted by Crippen LogP contribution is 2.42. The van der Waals surface area contributed by atoms with Gasteiger partial charge in [-0.1, -0.05) is 17.3 Å². The second-order valence-corrected chi connectivity index (χ2v) is 14.1. The van der Waals surface area contributed by atoms with Crippen molar-refractivity contribution in [1.82, 2.24) is 29.8 Å². The first kappa shape index (κ1) is 31.6. The third-order valence-electron chi connectivity index (χ3n) is 9.38. The molecule has 0 saturated carbocycles. The van der Waals surface area contributed by atoms with Gasteiger partial charge in [0.25, 0.3) is 0 Å². The minimum Gasteiger partial charge on any atom is -0.444 e. The highest BCUT2D eigenvalue weighted by molar-refractivity contribution is 6.08. The van der Waals surface area contributed by atoms with Gasteiger partial charge in [-0.15, -0.1) is 5.10 Å². The number of aromatic nitrogens is 4. The number of likely N-dealkylation sites (N-methyl/N-ethyl adjacent to an activating group) is 1. The summed E-state index contributed by atoms with van der Waals surface area (Å²) < 4.78 is 37.9. The van der Waals surface area contributed by atoms with Gasteiger partial charge >= 0.3 is 6.09 Å². The average Bonchev–Trinajstić information content (AvgIpc) is 3.41. The summed E-state index contributed by atoms with van der Waals surface area (Å²) in [6.45, 7) is 11.2. The summed E-state index contributed by atoms with van der Waals surface area (Å²) >= 11 is 0. The summed E-state index contributed by atoms with van der Waals surface area (Å²) in [5, 5.41) is 19.5. The Morgan fingerprint density at radius 1 is 1.17 bits per heavy atom. The van der Waals surface area contributed by atoms with E-state index in [0.717, 1.165) is 0 Å². The van der Waals surface area contributed by atoms with E-state index in [-0.39, 0.29) is 29.6 Å². The third kappa shape index (κ3) is 5.51. The van der Waals surface area contributed by atoms with Gasteiger partial charge in [-0.2, -0.15) is 5.26 Å². The monoisotopic (exact) mass is 630 g/mol. The van der Waals surface area contributed by atoms with E-state index in [9.17, 15) is 14.4 Å². The number of halogens is 2. The topological polar surface area (TPSA) is 103 Å². The number of carbonyl (C=O) groups is 1. The Kier molecular flexibility index (Phi) is 7.87. The maximum atomic E-state index is 16.7. The maximum Gasteiger partial charge on any atom is 0.410 e. The van der Waals surface area contributed by atoms with Gasteiger partial charge in [-0.25, -0.2) is 23.2 Å². The van der Waals surface area contributed by atoms with Crippen LogP contribution in [0.25, 0.3) is 33.1 Å². The Labute approximate surface area is 267 Å². The molecule has 46 heavy (non-hydrogen) atoms. The van der Waals surface area contributed by atoms with Crippen LogP contribution in [0, 0.1) is 29.9 Å². The van der Waals surface area contributed by atoms with Crippen molar-refractivity contribution in [3.8, 4) is 17.2 Å². The molecule has 2 aliphatic rings. The molecule has 1 amide bonds. The predicted molar refractivity (Wildman–Crippen MR) is 172 cm³/mol. The van der Waals surface area contributed by atoms with Crippen LogP contribution in [-0.4, -0.2) is 86.8 Å². The number of fused-ring (bicyclic) bond motifs is 3. The Morgan fingerprint density at radius 3 is 2.50 bits per heavy atom. The van der Waals surface area contributed by atoms with Crippen molar-refractivity contribution >= 4 is 33.8 Å². The number of nitrogens with zero attached hydrogens (tertiary/aromatic N) is 8. The van der Waals surface area contributed by atoms with Crippen LogP contribution in [0.15, 0.2) is 30.3 Å². The minimum absolute atomic E-state index is 0.0803. The van der Waals surface area contributed by atoms with Gasteiger partial charge in [0.15, 0.2) is 17.2 Å². The second kappa shape index (κ2) is 11.5. The number of piperidine rings is 1. The smallest absolute Gasteiger partial charge is 0.410 e. The summed E-state index contributed by atoms with van der Waals surface area (Å²) in [5.41, 5.74) is 2.29. The Hall–Kier alpha value is -4.37. The Balaban J connectivity index is 1.48. The molecule has 2 aromatic carbocycles. The number of nitriles is 1. The highest BCUT2D eigenvalue weighted by Gasteiger charge is 2.43. The van der Waals surface area contributed by atoms with Gasteiger partial charge in [-0.3, -0.25) is 0 Å². The molecular weight excluding hydrogens is 590 g/mol. The zero-order valence-electron chi connectivity index (χ0n) is 27.4. The number of aryl methyl sites for hydroxylation is 1. The SMILES string of the molecule is Cc1cc2c(nc(N3CC(C)(N(C)C)C3)c3nnn([C@H]4CCN(C(=O)OC(C)(C)C)[C@H](CC#N)C4)c32)c(F)c1-c1ccc(F)cc1. The summed E-state index contributed by atoms with van der Waals surface area (Å²) in [6.07, 6.45) is 0.708. The van der Waals surface area contributed by atoms with Crippen LogP contribution in [0.2, 0.25) is 0 Å². The zero-order valence-corrected chi connectivity index (χ0v) is 27.4. The van der Waals surface area contributed by atoms with E-state index in [1.165, 1.54) is 12.1 Å². The fourth-order valence-electron chi connectivity index (χ4n) is 6.68. The number of hydrogen-bond acceptors (Lipinski definition) is 8. The summed E-state index contributed by atoms with van der Waals surface area (Å²) in [6, 6.07) is 9.33. The molecule has 242 valence electrons. The number of hydrogen-bond donors (Lipinski definition) is 0. The van der Waals surface area contributed by atoms with Crippen molar-refractivity contribution in [3.63, 3.8) is 0 Å². The molecule has 4 heterocycles. The lowest BCUT2D eigenvalue weighted by Crippen LogP contribution is -2.67. The number of amides is 1. The normalized spacial score (nSPS) is 19.8. The number of benzene rings is 2. The Bertz CT molecular complexity index is 1850. The van der Waals surface area contributed by atoms with Gasteiger partial charge in [0.1, 0.15) is 22.5 Å². The second-order valence-electron chi connectivity index (χ2n) is 14.1. The van der Waals surface area contributed by atoms with E-state index in [1.54, 1.807) is 17.0 Å². The lowest BCUT2D eigenvalue weighted by Gasteiger charge is -2.52. The molecule has 2 fully saturated rings. The van der Waals surface area contributed by atoms with Gasteiger partial charge in [0.2, 0.25) is 0 Å². The summed E-state index contributed by atoms with van der Waals surface area (Å²) in [4.78, 5) is 23.9. The van der Waals surface area contributed by atoms with E-state index in [2.05, 4.69) is 33.1 Å². The van der Waals surface area contributed by atoms with E-state index in [4.69, 9.17) is 9.72 Å². The molecule has 0 spiro atoms. The molecule has 2 aromatic heterocycles. The van der Waals surface area contributed by atoms with Crippen LogP contribution in [0.3, 0.4) is 0 Å². The largest absolute Gasteiger partial charge is 0.444 e. The molecule has 10 nitrogen and oxygen atoms in total. The highest BCUT2D eigenvalue weighted by atomic mass is 19.1. The van der Waals surface area contributed by atoms with Crippen molar-refractivity contribution in [1.29, 1.82) is 5.26 Å². The Morgan fingerprint density at radius 2 is 1.87 bits per heavy atom. The van der Waals surface area contributed by atoms with E-state index >= 15 is 4.39 Å². The zero-order chi connectivity index (χ0) is 33.1. The van der Waals surface area contributed by atoms with Crippen molar-refractivity contribution < 1.29 is 18.3 Å². The third-order valence-corrected chi connectivity index (χ3v) is 9.38.